The van der Waals surface area contributed by atoms with Gasteiger partial charge in [0.15, 0.2) is 5.96 Å². The van der Waals surface area contributed by atoms with Crippen molar-refractivity contribution in [2.75, 3.05) is 26.7 Å². The van der Waals surface area contributed by atoms with Gasteiger partial charge in [0.05, 0.1) is 6.61 Å². The summed E-state index contributed by atoms with van der Waals surface area (Å²) in [7, 11) is 1.72. The van der Waals surface area contributed by atoms with Gasteiger partial charge in [0.2, 0.25) is 5.91 Å². The molecule has 134 valence electrons. The van der Waals surface area contributed by atoms with Gasteiger partial charge >= 0.3 is 0 Å². The number of guanidine groups is 1. The van der Waals surface area contributed by atoms with Gasteiger partial charge in [-0.2, -0.15) is 0 Å². The molecule has 1 amide bonds. The van der Waals surface area contributed by atoms with Crippen LogP contribution in [0.15, 0.2) is 29.3 Å². The van der Waals surface area contributed by atoms with Gasteiger partial charge in [0, 0.05) is 37.7 Å². The molecule has 6 heteroatoms. The van der Waals surface area contributed by atoms with Gasteiger partial charge in [-0.05, 0) is 13.0 Å². The molecular weight excluding hydrogens is 304 g/mol. The first-order valence-corrected chi connectivity index (χ1v) is 8.32. The fourth-order valence-corrected chi connectivity index (χ4v) is 1.97. The van der Waals surface area contributed by atoms with Crippen molar-refractivity contribution >= 4 is 11.9 Å². The first-order valence-electron chi connectivity index (χ1n) is 8.32. The number of benzene rings is 1. The molecule has 0 aromatic heterocycles. The van der Waals surface area contributed by atoms with Crippen molar-refractivity contribution in [1.29, 1.82) is 0 Å². The normalized spacial score (nSPS) is 11.8. The molecule has 0 bridgehead atoms. The van der Waals surface area contributed by atoms with Crippen LogP contribution in [0, 0.1) is 5.41 Å². The second-order valence-electron chi connectivity index (χ2n) is 6.40. The van der Waals surface area contributed by atoms with Crippen LogP contribution in [-0.4, -0.2) is 38.6 Å². The molecule has 0 saturated carbocycles. The Labute approximate surface area is 145 Å². The number of nitrogens with zero attached hydrogens (tertiary/aromatic N) is 1. The topological polar surface area (TPSA) is 74.8 Å². The van der Waals surface area contributed by atoms with Crippen LogP contribution in [0.1, 0.15) is 33.3 Å². The number of rotatable bonds is 7. The van der Waals surface area contributed by atoms with Gasteiger partial charge in [0.25, 0.3) is 0 Å². The van der Waals surface area contributed by atoms with E-state index < -0.39 is 0 Å². The average Bonchev–Trinajstić information content (AvgIpc) is 2.54. The fourth-order valence-electron chi connectivity index (χ4n) is 1.97. The quantitative estimate of drug-likeness (QED) is 0.404. The zero-order chi connectivity index (χ0) is 18.0. The molecule has 24 heavy (non-hydrogen) atoms. The van der Waals surface area contributed by atoms with Crippen molar-refractivity contribution in [3.63, 3.8) is 0 Å². The number of carbonyl (C=O) groups excluding carboxylic acids is 1. The van der Waals surface area contributed by atoms with E-state index in [9.17, 15) is 4.79 Å². The van der Waals surface area contributed by atoms with E-state index in [4.69, 9.17) is 4.74 Å². The lowest BCUT2D eigenvalue weighted by molar-refractivity contribution is -0.128. The molecule has 0 heterocycles. The van der Waals surface area contributed by atoms with Crippen molar-refractivity contribution in [1.82, 2.24) is 16.0 Å². The first-order chi connectivity index (χ1) is 11.4. The summed E-state index contributed by atoms with van der Waals surface area (Å²) >= 11 is 0. The van der Waals surface area contributed by atoms with Gasteiger partial charge < -0.3 is 20.7 Å². The van der Waals surface area contributed by atoms with Gasteiger partial charge in [-0.1, -0.05) is 39.0 Å². The molecule has 6 nitrogen and oxygen atoms in total. The van der Waals surface area contributed by atoms with Crippen LogP contribution in [-0.2, 0) is 11.3 Å². The van der Waals surface area contributed by atoms with Crippen LogP contribution in [0.25, 0.3) is 0 Å². The smallest absolute Gasteiger partial charge is 0.225 e. The van der Waals surface area contributed by atoms with Crippen LogP contribution in [0.5, 0.6) is 5.75 Å². The summed E-state index contributed by atoms with van der Waals surface area (Å²) in [6.45, 7) is 10.1. The number of amides is 1. The Kier molecular flexibility index (Phi) is 8.09. The van der Waals surface area contributed by atoms with Gasteiger partial charge in [-0.25, -0.2) is 0 Å². The lowest BCUT2D eigenvalue weighted by Crippen LogP contribution is -2.43. The van der Waals surface area contributed by atoms with E-state index in [0.29, 0.717) is 32.2 Å². The SMILES string of the molecule is CCOc1ccccc1CNC(=NC)NCCNC(=O)C(C)(C)C. The minimum atomic E-state index is -0.372. The van der Waals surface area contributed by atoms with Crippen LogP contribution < -0.4 is 20.7 Å². The third-order valence-electron chi connectivity index (χ3n) is 3.33. The van der Waals surface area contributed by atoms with E-state index in [0.717, 1.165) is 11.3 Å². The van der Waals surface area contributed by atoms with E-state index in [1.807, 2.05) is 52.0 Å². The second kappa shape index (κ2) is 9.80. The number of hydrogen-bond acceptors (Lipinski definition) is 3. The molecule has 3 N–H and O–H groups in total. The Morgan fingerprint density at radius 1 is 1.12 bits per heavy atom. The number of nitrogens with one attached hydrogen (secondary N) is 3. The van der Waals surface area contributed by atoms with E-state index in [-0.39, 0.29) is 11.3 Å². The number of hydrogen-bond donors (Lipinski definition) is 3. The summed E-state index contributed by atoms with van der Waals surface area (Å²) in [6, 6.07) is 7.92. The third-order valence-corrected chi connectivity index (χ3v) is 3.33. The summed E-state index contributed by atoms with van der Waals surface area (Å²) in [5, 5.41) is 9.33. The molecule has 0 saturated heterocycles. The summed E-state index contributed by atoms with van der Waals surface area (Å²) < 4.78 is 5.61. The van der Waals surface area contributed by atoms with Crippen molar-refractivity contribution < 1.29 is 9.53 Å². The Morgan fingerprint density at radius 2 is 1.79 bits per heavy atom. The van der Waals surface area contributed by atoms with Gasteiger partial charge in [-0.3, -0.25) is 9.79 Å². The highest BCUT2D eigenvalue weighted by Crippen LogP contribution is 2.17. The van der Waals surface area contributed by atoms with Gasteiger partial charge in [-0.15, -0.1) is 0 Å². The molecule has 0 unspecified atom stereocenters. The molecule has 1 rings (SSSR count). The van der Waals surface area contributed by atoms with Crippen molar-refractivity contribution in [2.24, 2.45) is 10.4 Å². The number of para-hydroxylation sites is 1. The van der Waals surface area contributed by atoms with E-state index in [1.54, 1.807) is 7.05 Å². The molecule has 1 aromatic rings. The maximum Gasteiger partial charge on any atom is 0.225 e. The molecule has 0 aliphatic rings. The van der Waals surface area contributed by atoms with Crippen LogP contribution >= 0.6 is 0 Å². The lowest BCUT2D eigenvalue weighted by atomic mass is 9.96. The number of carbonyl (C=O) groups is 1. The van der Waals surface area contributed by atoms with Crippen molar-refractivity contribution in [2.45, 2.75) is 34.2 Å². The Hall–Kier alpha value is -2.24. The Balaban J connectivity index is 2.40. The molecule has 1 aromatic carbocycles. The molecular formula is C18H30N4O2. The van der Waals surface area contributed by atoms with Crippen molar-refractivity contribution in [3.8, 4) is 5.75 Å². The second-order valence-corrected chi connectivity index (χ2v) is 6.40. The third kappa shape index (κ3) is 6.89. The summed E-state index contributed by atoms with van der Waals surface area (Å²) in [5.41, 5.74) is 0.700. The lowest BCUT2D eigenvalue weighted by Gasteiger charge is -2.18. The van der Waals surface area contributed by atoms with Crippen LogP contribution in [0.2, 0.25) is 0 Å². The molecule has 0 spiro atoms. The minimum absolute atomic E-state index is 0.0397. The highest BCUT2D eigenvalue weighted by atomic mass is 16.5. The maximum atomic E-state index is 11.8. The average molecular weight is 334 g/mol. The minimum Gasteiger partial charge on any atom is -0.494 e. The standard InChI is InChI=1S/C18H30N4O2/c1-6-24-15-10-8-7-9-14(15)13-22-17(19-5)21-12-11-20-16(23)18(2,3)4/h7-10H,6,11-13H2,1-5H3,(H,20,23)(H2,19,21,22). The predicted octanol–water partition coefficient (Wildman–Crippen LogP) is 1.91. The van der Waals surface area contributed by atoms with Gasteiger partial charge in [0.1, 0.15) is 5.75 Å². The molecule has 0 aliphatic carbocycles. The zero-order valence-corrected chi connectivity index (χ0v) is 15.4. The monoisotopic (exact) mass is 334 g/mol. The number of aliphatic imine (C=N–C) groups is 1. The van der Waals surface area contributed by atoms with E-state index in [1.165, 1.54) is 0 Å². The molecule has 0 radical (unpaired) electrons. The first kappa shape index (κ1) is 19.8. The van der Waals surface area contributed by atoms with Crippen LogP contribution in [0.3, 0.4) is 0 Å². The van der Waals surface area contributed by atoms with E-state index in [2.05, 4.69) is 20.9 Å². The fraction of sp³-hybridized carbons (Fsp3) is 0.556. The largest absolute Gasteiger partial charge is 0.494 e. The number of ether oxygens (including phenoxy) is 1. The zero-order valence-electron chi connectivity index (χ0n) is 15.4. The Bertz CT molecular complexity index is 550. The molecule has 0 fully saturated rings. The maximum absolute atomic E-state index is 11.8. The molecule has 0 aliphatic heterocycles. The summed E-state index contributed by atoms with van der Waals surface area (Å²) in [4.78, 5) is 16.0. The van der Waals surface area contributed by atoms with Crippen molar-refractivity contribution in [3.05, 3.63) is 29.8 Å². The highest BCUT2D eigenvalue weighted by Gasteiger charge is 2.20. The van der Waals surface area contributed by atoms with Crippen LogP contribution in [0.4, 0.5) is 0 Å². The summed E-state index contributed by atoms with van der Waals surface area (Å²) in [5.74, 6) is 1.60. The van der Waals surface area contributed by atoms with E-state index >= 15 is 0 Å². The molecule has 0 atom stereocenters. The predicted molar refractivity (Wildman–Crippen MR) is 98.3 cm³/mol. The Morgan fingerprint density at radius 3 is 2.42 bits per heavy atom. The summed E-state index contributed by atoms with van der Waals surface area (Å²) in [6.07, 6.45) is 0. The highest BCUT2D eigenvalue weighted by molar-refractivity contribution is 5.81.